The highest BCUT2D eigenvalue weighted by Crippen LogP contribution is 2.22. The zero-order valence-electron chi connectivity index (χ0n) is 10.4. The van der Waals surface area contributed by atoms with Crippen molar-refractivity contribution in [2.75, 3.05) is 10.9 Å². The Hall–Kier alpha value is -0.880. The molecule has 0 bridgehead atoms. The minimum absolute atomic E-state index is 0. The van der Waals surface area contributed by atoms with Crippen molar-refractivity contribution in [1.82, 2.24) is 0 Å². The molecule has 0 spiro atoms. The van der Waals surface area contributed by atoms with Gasteiger partial charge in [-0.1, -0.05) is 24.3 Å². The van der Waals surface area contributed by atoms with Gasteiger partial charge in [-0.05, 0) is 35.4 Å². The Bertz CT molecular complexity index is 416. The molecule has 0 radical (unpaired) electrons. The van der Waals surface area contributed by atoms with Crippen LogP contribution in [-0.2, 0) is 0 Å². The molecule has 0 unspecified atom stereocenters. The number of benzene rings is 2. The van der Waals surface area contributed by atoms with Gasteiger partial charge in [0.25, 0.3) is 0 Å². The Morgan fingerprint density at radius 1 is 0.500 bits per heavy atom. The number of hydrogen-bond donors (Lipinski definition) is 4. The SMILES string of the molecule is Cl.Cl.Cl.Cl.NNc1ccc(-c2ccc(NN)cc2)cc1. The van der Waals surface area contributed by atoms with E-state index in [2.05, 4.69) is 10.9 Å². The lowest BCUT2D eigenvalue weighted by atomic mass is 10.1. The monoisotopic (exact) mass is 358 g/mol. The third-order valence-corrected chi connectivity index (χ3v) is 2.44. The van der Waals surface area contributed by atoms with Crippen LogP contribution in [0.5, 0.6) is 0 Å². The van der Waals surface area contributed by atoms with Crippen LogP contribution in [0.25, 0.3) is 11.1 Å². The van der Waals surface area contributed by atoms with Gasteiger partial charge in [0, 0.05) is 11.4 Å². The molecule has 4 nitrogen and oxygen atoms in total. The van der Waals surface area contributed by atoms with Crippen molar-refractivity contribution in [3.05, 3.63) is 48.5 Å². The van der Waals surface area contributed by atoms with Gasteiger partial charge in [-0.25, -0.2) is 0 Å². The summed E-state index contributed by atoms with van der Waals surface area (Å²) >= 11 is 0. The second-order valence-electron chi connectivity index (χ2n) is 3.44. The third kappa shape index (κ3) is 6.05. The molecule has 0 saturated carbocycles. The van der Waals surface area contributed by atoms with Gasteiger partial charge in [-0.15, -0.1) is 49.6 Å². The maximum atomic E-state index is 5.30. The first-order valence-electron chi connectivity index (χ1n) is 4.97. The topological polar surface area (TPSA) is 76.1 Å². The molecular weight excluding hydrogens is 342 g/mol. The van der Waals surface area contributed by atoms with Crippen molar-refractivity contribution in [3.8, 4) is 11.1 Å². The average Bonchev–Trinajstić information content (AvgIpc) is 2.39. The van der Waals surface area contributed by atoms with E-state index in [9.17, 15) is 0 Å². The normalized spacial score (nSPS) is 7.90. The molecule has 20 heavy (non-hydrogen) atoms. The van der Waals surface area contributed by atoms with E-state index in [1.807, 2.05) is 48.5 Å². The Morgan fingerprint density at radius 3 is 0.950 bits per heavy atom. The summed E-state index contributed by atoms with van der Waals surface area (Å²) in [4.78, 5) is 0. The predicted octanol–water partition coefficient (Wildman–Crippen LogP) is 3.61. The summed E-state index contributed by atoms with van der Waals surface area (Å²) < 4.78 is 0. The van der Waals surface area contributed by atoms with E-state index in [1.54, 1.807) is 0 Å². The van der Waals surface area contributed by atoms with Crippen molar-refractivity contribution in [3.63, 3.8) is 0 Å². The van der Waals surface area contributed by atoms with Gasteiger partial charge in [0.1, 0.15) is 0 Å². The van der Waals surface area contributed by atoms with Gasteiger partial charge < -0.3 is 10.9 Å². The standard InChI is InChI=1S/C12H14N4.4ClH/c13-15-11-5-1-9(2-6-11)10-3-7-12(16-14)8-4-10;;;;/h1-8,15-16H,13-14H2;4*1H. The number of hydrogen-bond acceptors (Lipinski definition) is 4. The van der Waals surface area contributed by atoms with Gasteiger partial charge in [-0.2, -0.15) is 0 Å². The first-order valence-corrected chi connectivity index (χ1v) is 4.97. The number of nitrogens with one attached hydrogen (secondary N) is 2. The molecule has 0 saturated heterocycles. The van der Waals surface area contributed by atoms with Crippen molar-refractivity contribution in [1.29, 1.82) is 0 Å². The lowest BCUT2D eigenvalue weighted by molar-refractivity contribution is 1.35. The van der Waals surface area contributed by atoms with Crippen LogP contribution in [0, 0.1) is 0 Å². The molecule has 6 N–H and O–H groups in total. The molecule has 0 aliphatic rings. The summed E-state index contributed by atoms with van der Waals surface area (Å²) in [6.07, 6.45) is 0. The van der Waals surface area contributed by atoms with Crippen molar-refractivity contribution >= 4 is 61.0 Å². The van der Waals surface area contributed by atoms with E-state index in [1.165, 1.54) is 0 Å². The second-order valence-corrected chi connectivity index (χ2v) is 3.44. The van der Waals surface area contributed by atoms with E-state index < -0.39 is 0 Å². The number of halogens is 4. The highest BCUT2D eigenvalue weighted by atomic mass is 35.5. The number of rotatable bonds is 3. The number of hydrazine groups is 2. The fourth-order valence-electron chi connectivity index (χ4n) is 1.52. The van der Waals surface area contributed by atoms with Gasteiger partial charge >= 0.3 is 0 Å². The highest BCUT2D eigenvalue weighted by Gasteiger charge is 1.97. The molecule has 0 aliphatic carbocycles. The summed E-state index contributed by atoms with van der Waals surface area (Å²) in [6, 6.07) is 15.8. The van der Waals surface area contributed by atoms with Crippen LogP contribution in [0.3, 0.4) is 0 Å². The van der Waals surface area contributed by atoms with Crippen LogP contribution in [-0.4, -0.2) is 0 Å². The van der Waals surface area contributed by atoms with Crippen molar-refractivity contribution < 1.29 is 0 Å². The van der Waals surface area contributed by atoms with Crippen molar-refractivity contribution in [2.24, 2.45) is 11.7 Å². The molecule has 2 rings (SSSR count). The Labute approximate surface area is 143 Å². The van der Waals surface area contributed by atoms with Crippen LogP contribution in [0.15, 0.2) is 48.5 Å². The minimum Gasteiger partial charge on any atom is -0.324 e. The largest absolute Gasteiger partial charge is 0.324 e. The zero-order chi connectivity index (χ0) is 11.4. The van der Waals surface area contributed by atoms with E-state index in [0.717, 1.165) is 22.5 Å². The summed E-state index contributed by atoms with van der Waals surface area (Å²) in [5, 5.41) is 0. The molecule has 0 heterocycles. The Balaban J connectivity index is -0.000000722. The molecule has 114 valence electrons. The number of nitrogens with two attached hydrogens (primary N) is 2. The first kappa shape index (κ1) is 24.2. The summed E-state index contributed by atoms with van der Waals surface area (Å²) in [5.74, 6) is 10.6. The summed E-state index contributed by atoms with van der Waals surface area (Å²) in [7, 11) is 0. The van der Waals surface area contributed by atoms with Crippen LogP contribution in [0.4, 0.5) is 11.4 Å². The molecule has 0 amide bonds. The molecule has 2 aromatic carbocycles. The van der Waals surface area contributed by atoms with Crippen LogP contribution in [0.2, 0.25) is 0 Å². The Morgan fingerprint density at radius 2 is 0.750 bits per heavy atom. The van der Waals surface area contributed by atoms with Gasteiger partial charge in [0.15, 0.2) is 0 Å². The van der Waals surface area contributed by atoms with E-state index in [-0.39, 0.29) is 49.6 Å². The maximum absolute atomic E-state index is 5.30. The maximum Gasteiger partial charge on any atom is 0.0485 e. The predicted molar refractivity (Wildman–Crippen MR) is 96.5 cm³/mol. The summed E-state index contributed by atoms with van der Waals surface area (Å²) in [6.45, 7) is 0. The molecular formula is C12H18Cl4N4. The molecule has 0 aliphatic heterocycles. The molecule has 8 heteroatoms. The van der Waals surface area contributed by atoms with Crippen molar-refractivity contribution in [2.45, 2.75) is 0 Å². The van der Waals surface area contributed by atoms with Gasteiger partial charge in [-0.3, -0.25) is 11.7 Å². The second kappa shape index (κ2) is 11.9. The molecule has 2 aromatic rings. The fourth-order valence-corrected chi connectivity index (χ4v) is 1.52. The zero-order valence-corrected chi connectivity index (χ0v) is 13.7. The quantitative estimate of drug-likeness (QED) is 0.498. The number of nitrogen functional groups attached to an aromatic ring is 2. The highest BCUT2D eigenvalue weighted by molar-refractivity contribution is 5.86. The Kier molecular flexibility index (Phi) is 14.4. The van der Waals surface area contributed by atoms with E-state index in [0.29, 0.717) is 0 Å². The van der Waals surface area contributed by atoms with Crippen LogP contribution < -0.4 is 22.5 Å². The first-order chi connectivity index (χ1) is 7.83. The van der Waals surface area contributed by atoms with Crippen LogP contribution >= 0.6 is 49.6 Å². The van der Waals surface area contributed by atoms with E-state index >= 15 is 0 Å². The minimum atomic E-state index is 0. The third-order valence-electron chi connectivity index (χ3n) is 2.44. The van der Waals surface area contributed by atoms with E-state index in [4.69, 9.17) is 11.7 Å². The smallest absolute Gasteiger partial charge is 0.0485 e. The molecule has 0 fully saturated rings. The number of anilines is 2. The average molecular weight is 360 g/mol. The molecule has 0 aromatic heterocycles. The fraction of sp³-hybridized carbons (Fsp3) is 0. The molecule has 0 atom stereocenters. The summed E-state index contributed by atoms with van der Waals surface area (Å²) in [5.41, 5.74) is 9.26. The van der Waals surface area contributed by atoms with Gasteiger partial charge in [0.05, 0.1) is 0 Å². The lowest BCUT2D eigenvalue weighted by Crippen LogP contribution is -2.06. The van der Waals surface area contributed by atoms with Crippen LogP contribution in [0.1, 0.15) is 0 Å². The van der Waals surface area contributed by atoms with Gasteiger partial charge in [0.2, 0.25) is 0 Å². The lowest BCUT2D eigenvalue weighted by Gasteiger charge is -2.05.